The minimum atomic E-state index is 0.703. The summed E-state index contributed by atoms with van der Waals surface area (Å²) >= 11 is 0. The lowest BCUT2D eigenvalue weighted by Gasteiger charge is -2.26. The Morgan fingerprint density at radius 1 is 1.39 bits per heavy atom. The number of rotatable bonds is 5. The van der Waals surface area contributed by atoms with Crippen LogP contribution in [-0.2, 0) is 13.1 Å². The standard InChI is InChI=1S/C15H26N2O/c1-3-16-11-15-14(8-10-18-15)12-17-9-6-4-5-7-13(17)2/h8,10,13,16H,3-7,9,11-12H2,1-2H3. The number of furan rings is 1. The summed E-state index contributed by atoms with van der Waals surface area (Å²) in [7, 11) is 0. The molecule has 1 aliphatic heterocycles. The smallest absolute Gasteiger partial charge is 0.122 e. The third kappa shape index (κ3) is 3.59. The van der Waals surface area contributed by atoms with Crippen LogP contribution in [-0.4, -0.2) is 24.0 Å². The first-order chi connectivity index (χ1) is 8.81. The Labute approximate surface area is 111 Å². The quantitative estimate of drug-likeness (QED) is 0.870. The Bertz CT molecular complexity index is 348. The van der Waals surface area contributed by atoms with Crippen LogP contribution in [0.25, 0.3) is 0 Å². The maximum Gasteiger partial charge on any atom is 0.122 e. The molecule has 0 radical (unpaired) electrons. The summed E-state index contributed by atoms with van der Waals surface area (Å²) in [5.41, 5.74) is 1.35. The molecule has 2 heterocycles. The number of nitrogens with one attached hydrogen (secondary N) is 1. The van der Waals surface area contributed by atoms with Crippen LogP contribution in [0.4, 0.5) is 0 Å². The van der Waals surface area contributed by atoms with Crippen molar-refractivity contribution in [3.8, 4) is 0 Å². The van der Waals surface area contributed by atoms with Crippen LogP contribution in [0.15, 0.2) is 16.7 Å². The highest BCUT2D eigenvalue weighted by Gasteiger charge is 2.18. The molecule has 0 saturated carbocycles. The van der Waals surface area contributed by atoms with Crippen molar-refractivity contribution in [2.75, 3.05) is 13.1 Å². The van der Waals surface area contributed by atoms with Crippen LogP contribution >= 0.6 is 0 Å². The average molecular weight is 250 g/mol. The molecule has 1 aromatic rings. The fraction of sp³-hybridized carbons (Fsp3) is 0.733. The lowest BCUT2D eigenvalue weighted by Crippen LogP contribution is -2.32. The molecule has 1 aliphatic rings. The predicted octanol–water partition coefficient (Wildman–Crippen LogP) is 3.15. The number of hydrogen-bond donors (Lipinski definition) is 1. The zero-order chi connectivity index (χ0) is 12.8. The van der Waals surface area contributed by atoms with Gasteiger partial charge in [-0.25, -0.2) is 0 Å². The first kappa shape index (κ1) is 13.6. The molecule has 102 valence electrons. The van der Waals surface area contributed by atoms with E-state index in [-0.39, 0.29) is 0 Å². The molecule has 1 fully saturated rings. The third-order valence-electron chi connectivity index (χ3n) is 3.94. The molecule has 0 spiro atoms. The van der Waals surface area contributed by atoms with Crippen LogP contribution in [0, 0.1) is 0 Å². The normalized spacial score (nSPS) is 22.0. The van der Waals surface area contributed by atoms with Gasteiger partial charge in [-0.1, -0.05) is 19.8 Å². The highest BCUT2D eigenvalue weighted by Crippen LogP contribution is 2.21. The Balaban J connectivity index is 1.96. The predicted molar refractivity (Wildman–Crippen MR) is 74.4 cm³/mol. The Kier molecular flexibility index (Phi) is 5.26. The van der Waals surface area contributed by atoms with E-state index in [9.17, 15) is 0 Å². The molecule has 18 heavy (non-hydrogen) atoms. The third-order valence-corrected chi connectivity index (χ3v) is 3.94. The Hall–Kier alpha value is -0.800. The lowest BCUT2D eigenvalue weighted by molar-refractivity contribution is 0.203. The van der Waals surface area contributed by atoms with E-state index in [1.54, 1.807) is 0 Å². The van der Waals surface area contributed by atoms with Gasteiger partial charge in [0.1, 0.15) is 5.76 Å². The molecule has 0 amide bonds. The summed E-state index contributed by atoms with van der Waals surface area (Å²) in [6.07, 6.45) is 7.26. The van der Waals surface area contributed by atoms with Gasteiger partial charge in [0.05, 0.1) is 12.8 Å². The summed E-state index contributed by atoms with van der Waals surface area (Å²) in [4.78, 5) is 2.60. The van der Waals surface area contributed by atoms with Crippen LogP contribution in [0.3, 0.4) is 0 Å². The molecule has 3 heteroatoms. The molecular formula is C15H26N2O. The van der Waals surface area contributed by atoms with Crippen LogP contribution in [0.5, 0.6) is 0 Å². The van der Waals surface area contributed by atoms with Crippen molar-refractivity contribution in [2.45, 2.75) is 58.7 Å². The van der Waals surface area contributed by atoms with E-state index in [0.29, 0.717) is 6.04 Å². The van der Waals surface area contributed by atoms with Crippen molar-refractivity contribution in [3.63, 3.8) is 0 Å². The Morgan fingerprint density at radius 3 is 3.11 bits per heavy atom. The van der Waals surface area contributed by atoms with Crippen molar-refractivity contribution in [1.29, 1.82) is 0 Å². The highest BCUT2D eigenvalue weighted by molar-refractivity contribution is 5.17. The largest absolute Gasteiger partial charge is 0.468 e. The molecule has 1 aromatic heterocycles. The minimum Gasteiger partial charge on any atom is -0.468 e. The molecule has 0 bridgehead atoms. The molecular weight excluding hydrogens is 224 g/mol. The van der Waals surface area contributed by atoms with Gasteiger partial charge in [-0.2, -0.15) is 0 Å². The van der Waals surface area contributed by atoms with Crippen molar-refractivity contribution in [3.05, 3.63) is 23.7 Å². The number of hydrogen-bond acceptors (Lipinski definition) is 3. The summed E-state index contributed by atoms with van der Waals surface area (Å²) in [5, 5.41) is 3.34. The zero-order valence-corrected chi connectivity index (χ0v) is 11.7. The van der Waals surface area contributed by atoms with E-state index in [4.69, 9.17) is 4.42 Å². The van der Waals surface area contributed by atoms with Gasteiger partial charge in [-0.15, -0.1) is 0 Å². The van der Waals surface area contributed by atoms with Crippen LogP contribution in [0.1, 0.15) is 50.9 Å². The Morgan fingerprint density at radius 2 is 2.28 bits per heavy atom. The second kappa shape index (κ2) is 6.95. The van der Waals surface area contributed by atoms with Gasteiger partial charge in [0, 0.05) is 18.2 Å². The van der Waals surface area contributed by atoms with Gasteiger partial charge >= 0.3 is 0 Å². The van der Waals surface area contributed by atoms with Crippen LogP contribution in [0.2, 0.25) is 0 Å². The van der Waals surface area contributed by atoms with Crippen molar-refractivity contribution in [2.24, 2.45) is 0 Å². The molecule has 1 unspecified atom stereocenters. The van der Waals surface area contributed by atoms with Crippen molar-refractivity contribution in [1.82, 2.24) is 10.2 Å². The topological polar surface area (TPSA) is 28.4 Å². The first-order valence-electron chi connectivity index (χ1n) is 7.31. The maximum absolute atomic E-state index is 5.59. The molecule has 3 nitrogen and oxygen atoms in total. The van der Waals surface area contributed by atoms with E-state index >= 15 is 0 Å². The highest BCUT2D eigenvalue weighted by atomic mass is 16.3. The second-order valence-corrected chi connectivity index (χ2v) is 5.32. The molecule has 1 N–H and O–H groups in total. The maximum atomic E-state index is 5.59. The minimum absolute atomic E-state index is 0.703. The zero-order valence-electron chi connectivity index (χ0n) is 11.7. The van der Waals surface area contributed by atoms with E-state index in [1.807, 2.05) is 6.26 Å². The van der Waals surface area contributed by atoms with Gasteiger partial charge in [-0.05, 0) is 38.9 Å². The fourth-order valence-electron chi connectivity index (χ4n) is 2.69. The van der Waals surface area contributed by atoms with Gasteiger partial charge in [0.2, 0.25) is 0 Å². The van der Waals surface area contributed by atoms with Gasteiger partial charge in [0.15, 0.2) is 0 Å². The molecule has 2 rings (SSSR count). The summed E-state index contributed by atoms with van der Waals surface area (Å²) in [6.45, 7) is 8.58. The average Bonchev–Trinajstić information content (AvgIpc) is 2.71. The molecule has 1 saturated heterocycles. The molecule has 1 atom stereocenters. The van der Waals surface area contributed by atoms with Crippen LogP contribution < -0.4 is 5.32 Å². The number of likely N-dealkylation sites (tertiary alicyclic amines) is 1. The van der Waals surface area contributed by atoms with E-state index < -0.39 is 0 Å². The lowest BCUT2D eigenvalue weighted by atomic mass is 10.1. The van der Waals surface area contributed by atoms with E-state index in [2.05, 4.69) is 30.1 Å². The number of nitrogens with zero attached hydrogens (tertiary/aromatic N) is 1. The summed E-state index contributed by atoms with van der Waals surface area (Å²) < 4.78 is 5.59. The van der Waals surface area contributed by atoms with Gasteiger partial charge < -0.3 is 9.73 Å². The van der Waals surface area contributed by atoms with Gasteiger partial charge in [0.25, 0.3) is 0 Å². The molecule has 0 aliphatic carbocycles. The van der Waals surface area contributed by atoms with Crippen molar-refractivity contribution < 1.29 is 4.42 Å². The fourth-order valence-corrected chi connectivity index (χ4v) is 2.69. The first-order valence-corrected chi connectivity index (χ1v) is 7.31. The monoisotopic (exact) mass is 250 g/mol. The van der Waals surface area contributed by atoms with E-state index in [1.165, 1.54) is 37.8 Å². The second-order valence-electron chi connectivity index (χ2n) is 5.32. The summed E-state index contributed by atoms with van der Waals surface area (Å²) in [6, 6.07) is 2.83. The molecule has 0 aromatic carbocycles. The SMILES string of the molecule is CCNCc1occc1CN1CCCCCC1C. The summed E-state index contributed by atoms with van der Waals surface area (Å²) in [5.74, 6) is 1.10. The van der Waals surface area contributed by atoms with Gasteiger partial charge in [-0.3, -0.25) is 4.90 Å². The van der Waals surface area contributed by atoms with E-state index in [0.717, 1.165) is 25.4 Å². The van der Waals surface area contributed by atoms with Crippen molar-refractivity contribution >= 4 is 0 Å².